The van der Waals surface area contributed by atoms with E-state index in [1.807, 2.05) is 155 Å². The molecule has 111 heavy (non-hydrogen) atoms. The Labute approximate surface area is 677 Å². The van der Waals surface area contributed by atoms with Gasteiger partial charge in [-0.3, -0.25) is 28.8 Å². The lowest BCUT2D eigenvalue weighted by Gasteiger charge is -2.23. The zero-order valence-corrected chi connectivity index (χ0v) is 69.6. The summed E-state index contributed by atoms with van der Waals surface area (Å²) >= 11 is 4.50. The maximum absolute atomic E-state index is 13.0. The Morgan fingerprint density at radius 2 is 0.946 bits per heavy atom. The molecule has 0 saturated carbocycles. The third-order valence-corrected chi connectivity index (χ3v) is 23.0. The first-order valence-corrected chi connectivity index (χ1v) is 40.1. The summed E-state index contributed by atoms with van der Waals surface area (Å²) in [4.78, 5) is 94.6. The highest BCUT2D eigenvalue weighted by atomic mass is 127. The Bertz CT molecular complexity index is 5000. The summed E-state index contributed by atoms with van der Waals surface area (Å²) in [6.45, 7) is 11.6. The fourth-order valence-electron chi connectivity index (χ4n) is 14.7. The largest absolute Gasteiger partial charge is 0.501 e. The first-order chi connectivity index (χ1) is 53.5. The molecule has 0 saturated heterocycles. The molecule has 4 aromatic carbocycles. The van der Waals surface area contributed by atoms with Crippen molar-refractivity contribution in [3.8, 4) is 0 Å². The molecule has 0 bridgehead atoms. The Balaban J connectivity index is 0.000000141. The number of ether oxygens (including phenoxy) is 3. The van der Waals surface area contributed by atoms with E-state index in [-0.39, 0.29) is 64.3 Å². The number of fused-ring (bicyclic) bond motifs is 6. The van der Waals surface area contributed by atoms with Crippen molar-refractivity contribution in [1.29, 1.82) is 0 Å². The van der Waals surface area contributed by atoms with Crippen LogP contribution in [0, 0.1) is 64.4 Å². The highest BCUT2D eigenvalue weighted by molar-refractivity contribution is 14.1. The molecule has 6 aliphatic rings. The van der Waals surface area contributed by atoms with E-state index in [1.54, 1.807) is 70.4 Å². The number of allylic oxidation sites excluding steroid dienone is 8. The van der Waals surface area contributed by atoms with Crippen molar-refractivity contribution in [2.75, 3.05) is 53.0 Å². The zero-order valence-electron chi connectivity index (χ0n) is 65.3. The van der Waals surface area contributed by atoms with Crippen molar-refractivity contribution in [2.24, 2.45) is 36.6 Å². The van der Waals surface area contributed by atoms with Crippen LogP contribution in [0.2, 0.25) is 0 Å². The number of aromatic amines is 1. The zero-order chi connectivity index (χ0) is 79.3. The van der Waals surface area contributed by atoms with Crippen molar-refractivity contribution in [1.82, 2.24) is 52.7 Å². The number of H-pyrrole nitrogens is 1. The number of aryl methyl sites for hydroxylation is 6. The molecule has 16 rings (SSSR count). The third-order valence-electron chi connectivity index (χ3n) is 21.1. The number of rotatable bonds is 15. The molecule has 0 aliphatic heterocycles. The van der Waals surface area contributed by atoms with Gasteiger partial charge in [-0.15, -0.1) is 0 Å². The molecule has 4 N–H and O–H groups in total. The summed E-state index contributed by atoms with van der Waals surface area (Å²) in [5.74, 6) is 7.96. The number of ketones is 6. The SMILES string of the molecule is COC1=CC(=O)C(CN(C)C)CC1.COC1=CC(=O)C(Cn2ccnc2C)CC1.COC1=CC(=O)CCC1.Cc1nccn1CC1CCC(Nc2ccccc2I)=CC1=O.Cc1nccn1CC1CCc2[nH]c3ccccc3c2C1=O.Cc1nccn1CC1CCc2c(c3ccccc3n2C)C1=O.Nc1ccccc1I. The van der Waals surface area contributed by atoms with Crippen LogP contribution in [-0.2, 0) is 79.5 Å². The van der Waals surface area contributed by atoms with Gasteiger partial charge in [0.2, 0.25) is 0 Å². The van der Waals surface area contributed by atoms with Crippen LogP contribution < -0.4 is 11.1 Å². The van der Waals surface area contributed by atoms with Gasteiger partial charge in [-0.2, -0.15) is 0 Å². The van der Waals surface area contributed by atoms with Gasteiger partial charge < -0.3 is 58.0 Å². The molecular weight excluding hydrogens is 1620 g/mol. The number of hydrogen-bond donors (Lipinski definition) is 3. The van der Waals surface area contributed by atoms with Crippen LogP contribution in [-0.4, -0.2) is 129 Å². The van der Waals surface area contributed by atoms with Crippen LogP contribution in [0.25, 0.3) is 21.8 Å². The first kappa shape index (κ1) is 83.7. The van der Waals surface area contributed by atoms with Gasteiger partial charge in [0.15, 0.2) is 34.7 Å². The molecular formula is C87H103I2N13O9. The number of carbonyl (C=O) groups is 6. The number of anilines is 2. The molecule has 5 atom stereocenters. The summed E-state index contributed by atoms with van der Waals surface area (Å²) < 4.78 is 27.7. The molecule has 584 valence electrons. The number of aromatic nitrogens is 10. The molecule has 10 aromatic rings. The highest BCUT2D eigenvalue weighted by Crippen LogP contribution is 2.36. The lowest BCUT2D eigenvalue weighted by atomic mass is 9.85. The molecule has 6 aliphatic carbocycles. The van der Waals surface area contributed by atoms with Crippen molar-refractivity contribution >= 4 is 113 Å². The van der Waals surface area contributed by atoms with E-state index in [0.29, 0.717) is 6.42 Å². The van der Waals surface area contributed by atoms with Gasteiger partial charge in [-0.25, -0.2) is 19.9 Å². The topological polar surface area (TPSA) is 263 Å². The molecule has 24 heteroatoms. The number of nitrogens with zero attached hydrogens (tertiary/aromatic N) is 10. The van der Waals surface area contributed by atoms with Crippen LogP contribution >= 0.6 is 45.2 Å². The lowest BCUT2D eigenvalue weighted by Crippen LogP contribution is -2.29. The number of nitrogen functional groups attached to an aromatic ring is 1. The van der Waals surface area contributed by atoms with E-state index < -0.39 is 0 Å². The van der Waals surface area contributed by atoms with E-state index in [9.17, 15) is 28.8 Å². The molecule has 22 nitrogen and oxygen atoms in total. The van der Waals surface area contributed by atoms with E-state index in [4.69, 9.17) is 19.9 Å². The number of methoxy groups -OCH3 is 3. The van der Waals surface area contributed by atoms with Crippen LogP contribution in [0.1, 0.15) is 126 Å². The number of hydrogen-bond acceptors (Lipinski definition) is 16. The number of benzene rings is 4. The Morgan fingerprint density at radius 1 is 0.495 bits per heavy atom. The van der Waals surface area contributed by atoms with Crippen molar-refractivity contribution in [3.05, 3.63) is 247 Å². The maximum Gasteiger partial charge on any atom is 0.170 e. The number of nitrogens with two attached hydrogens (primary N) is 1. The fraction of sp³-hybridized carbons (Fsp3) is 0.379. The summed E-state index contributed by atoms with van der Waals surface area (Å²) in [7, 11) is 10.9. The van der Waals surface area contributed by atoms with Crippen LogP contribution in [0.4, 0.5) is 11.4 Å². The fourth-order valence-corrected chi connectivity index (χ4v) is 15.6. The summed E-state index contributed by atoms with van der Waals surface area (Å²) in [6, 6.07) is 32.1. The van der Waals surface area contributed by atoms with Gasteiger partial charge in [0.25, 0.3) is 0 Å². The smallest absolute Gasteiger partial charge is 0.170 e. The van der Waals surface area contributed by atoms with E-state index in [0.717, 1.165) is 213 Å². The van der Waals surface area contributed by atoms with E-state index in [1.165, 1.54) is 5.69 Å². The summed E-state index contributed by atoms with van der Waals surface area (Å²) in [5.41, 5.74) is 14.8. The standard InChI is InChI=1S/C18H19N3O.C17H18IN3O.C17H17N3O.C12H16N2O2.C10H17NO2.C7H10O2.C6H6IN/c1-12-19-9-10-21(12)11-13-7-8-16-17(18(13)22)14-5-3-4-6-15(14)20(16)2;1-12-19-8-9-21(12)11-13-6-7-14(10-17(13)22)20-16-5-3-2-4-15(16)18;1-11-18-8-9-20(11)10-12-6-7-15-16(17(12)21)13-4-2-3-5-14(13)19-15;1-9-13-5-6-14(9)8-10-3-4-11(16-2)7-12(10)15;1-11(2)7-8-4-5-9(13-3)6-10(8)12;1-9-7-4-2-3-6(8)5-7;7-5-3-1-2-4-6(5)8/h3-6,9-10,13H,7-8,11H2,1-2H3;2-5,8-10,13,20H,6-7,11H2,1H3;2-5,8-9,12,19H,6-7,10H2,1H3;5-7,10H,3-4,8H2,1-2H3;6,8H,4-5,7H2,1-3H3;5H,2-4H2,1H3;1-4H,8H2. The minimum Gasteiger partial charge on any atom is -0.501 e. The molecule has 6 heterocycles. The summed E-state index contributed by atoms with van der Waals surface area (Å²) in [6.07, 6.45) is 33.1. The van der Waals surface area contributed by atoms with Crippen LogP contribution in [0.5, 0.6) is 0 Å². The average molecular weight is 1730 g/mol. The molecule has 6 aromatic heterocycles. The first-order valence-electron chi connectivity index (χ1n) is 37.9. The van der Waals surface area contributed by atoms with E-state index >= 15 is 0 Å². The number of para-hydroxylation sites is 4. The summed E-state index contributed by atoms with van der Waals surface area (Å²) in [5, 5.41) is 5.54. The Hall–Kier alpha value is -9.80. The highest BCUT2D eigenvalue weighted by Gasteiger charge is 2.34. The van der Waals surface area contributed by atoms with Gasteiger partial charge in [0.05, 0.1) is 44.3 Å². The number of Topliss-reactive ketones (excluding diaryl/α,β-unsaturated/α-hetero) is 2. The minimum atomic E-state index is 0.0459. The normalized spacial score (nSPS) is 18.5. The maximum atomic E-state index is 13.0. The number of carbonyl (C=O) groups excluding carboxylic acids is 6. The van der Waals surface area contributed by atoms with Crippen LogP contribution in [0.15, 0.2) is 194 Å². The molecule has 0 spiro atoms. The second-order valence-corrected chi connectivity index (χ2v) is 31.2. The van der Waals surface area contributed by atoms with Gasteiger partial charge in [0, 0.05) is 232 Å². The molecule has 0 amide bonds. The van der Waals surface area contributed by atoms with E-state index in [2.05, 4.69) is 119 Å². The van der Waals surface area contributed by atoms with Crippen molar-refractivity contribution < 1.29 is 43.0 Å². The van der Waals surface area contributed by atoms with Gasteiger partial charge in [-0.05, 0) is 181 Å². The predicted molar refractivity (Wildman–Crippen MR) is 452 cm³/mol. The van der Waals surface area contributed by atoms with Gasteiger partial charge >= 0.3 is 0 Å². The number of halogens is 2. The quantitative estimate of drug-likeness (QED) is 0.0636. The van der Waals surface area contributed by atoms with Gasteiger partial charge in [0.1, 0.15) is 23.3 Å². The molecule has 5 unspecified atom stereocenters. The molecule has 0 fully saturated rings. The average Bonchev–Trinajstić information content (AvgIpc) is 1.61. The van der Waals surface area contributed by atoms with Gasteiger partial charge in [-0.1, -0.05) is 60.7 Å². The second-order valence-electron chi connectivity index (χ2n) is 28.9. The lowest BCUT2D eigenvalue weighted by molar-refractivity contribution is -0.120. The van der Waals surface area contributed by atoms with Crippen molar-refractivity contribution in [3.63, 3.8) is 0 Å². The number of imidazole rings is 4. The predicted octanol–water partition coefficient (Wildman–Crippen LogP) is 15.9. The van der Waals surface area contributed by atoms with Crippen LogP contribution in [0.3, 0.4) is 0 Å². The second kappa shape index (κ2) is 40.4. The molecule has 0 radical (unpaired) electrons. The minimum absolute atomic E-state index is 0.0459. The third kappa shape index (κ3) is 22.5. The Kier molecular flexibility index (Phi) is 30.5. The monoisotopic (exact) mass is 1730 g/mol. The Morgan fingerprint density at radius 3 is 1.42 bits per heavy atom. The van der Waals surface area contributed by atoms with Crippen molar-refractivity contribution in [2.45, 2.75) is 137 Å². The number of nitrogens with one attached hydrogen (secondary N) is 2.